The van der Waals surface area contributed by atoms with Gasteiger partial charge in [-0.1, -0.05) is 30.7 Å². The second-order valence-corrected chi connectivity index (χ2v) is 7.25. The summed E-state index contributed by atoms with van der Waals surface area (Å²) in [7, 11) is 1.69. The van der Waals surface area contributed by atoms with Crippen molar-refractivity contribution in [1.82, 2.24) is 5.32 Å². The van der Waals surface area contributed by atoms with E-state index in [1.807, 2.05) is 18.2 Å². The van der Waals surface area contributed by atoms with Crippen LogP contribution < -0.4 is 10.1 Å². The van der Waals surface area contributed by atoms with Gasteiger partial charge in [0, 0.05) is 10.9 Å². The molecule has 0 amide bonds. The van der Waals surface area contributed by atoms with Crippen molar-refractivity contribution in [3.8, 4) is 5.75 Å². The molecule has 1 N–H and O–H groups in total. The van der Waals surface area contributed by atoms with Crippen LogP contribution in [0.25, 0.3) is 0 Å². The van der Waals surface area contributed by atoms with Crippen molar-refractivity contribution in [2.45, 2.75) is 19.4 Å². The zero-order valence-corrected chi connectivity index (χ0v) is 14.6. The predicted octanol–water partition coefficient (Wildman–Crippen LogP) is 5.07. The quantitative estimate of drug-likeness (QED) is 0.762. The Hall–Kier alpha value is -0.550. The van der Waals surface area contributed by atoms with Crippen LogP contribution in [0.5, 0.6) is 5.75 Å². The summed E-state index contributed by atoms with van der Waals surface area (Å²) in [5.74, 6) is 0.892. The van der Waals surface area contributed by atoms with Crippen molar-refractivity contribution in [2.75, 3.05) is 13.7 Å². The van der Waals surface area contributed by atoms with Crippen LogP contribution in [-0.2, 0) is 6.42 Å². The highest BCUT2D eigenvalue weighted by Crippen LogP contribution is 2.36. The second kappa shape index (κ2) is 7.46. The fourth-order valence-electron chi connectivity index (χ4n) is 2.09. The number of likely N-dealkylation sites (N-methyl/N-ethyl adjacent to an activating group) is 1. The molecule has 108 valence electrons. The molecule has 2 rings (SSSR count). The van der Waals surface area contributed by atoms with Gasteiger partial charge in [0.05, 0.1) is 15.9 Å². The number of hydrogen-bond acceptors (Lipinski definition) is 3. The number of rotatable bonds is 6. The van der Waals surface area contributed by atoms with Crippen LogP contribution >= 0.6 is 38.9 Å². The third-order valence-corrected chi connectivity index (χ3v) is 5.62. The molecular formula is C15H17BrClNOS. The van der Waals surface area contributed by atoms with E-state index >= 15 is 0 Å². The molecule has 0 fully saturated rings. The Morgan fingerprint density at radius 1 is 1.40 bits per heavy atom. The first-order valence-electron chi connectivity index (χ1n) is 6.45. The summed E-state index contributed by atoms with van der Waals surface area (Å²) in [6.45, 7) is 3.03. The topological polar surface area (TPSA) is 21.3 Å². The first-order chi connectivity index (χ1) is 9.63. The van der Waals surface area contributed by atoms with Crippen LogP contribution in [0.15, 0.2) is 34.1 Å². The molecule has 0 aliphatic heterocycles. The second-order valence-electron chi connectivity index (χ2n) is 4.44. The molecule has 1 unspecified atom stereocenters. The minimum atomic E-state index is 0.265. The van der Waals surface area contributed by atoms with Crippen molar-refractivity contribution >= 4 is 38.9 Å². The summed E-state index contributed by atoms with van der Waals surface area (Å²) in [5, 5.41) is 4.29. The summed E-state index contributed by atoms with van der Waals surface area (Å²) in [6.07, 6.45) is 0.911. The molecule has 1 aromatic heterocycles. The van der Waals surface area contributed by atoms with Crippen molar-refractivity contribution in [2.24, 2.45) is 0 Å². The number of thiophene rings is 1. The van der Waals surface area contributed by atoms with Gasteiger partial charge in [-0.3, -0.25) is 0 Å². The number of hydrogen-bond donors (Lipinski definition) is 1. The van der Waals surface area contributed by atoms with Crippen molar-refractivity contribution in [3.63, 3.8) is 0 Å². The van der Waals surface area contributed by atoms with Gasteiger partial charge in [-0.2, -0.15) is 0 Å². The van der Waals surface area contributed by atoms with E-state index in [1.165, 1.54) is 10.4 Å². The van der Waals surface area contributed by atoms with E-state index in [2.05, 4.69) is 40.3 Å². The molecule has 5 heteroatoms. The SMILES string of the molecule is CCNC(Cc1cccc(OC)c1)c1cc(Cl)c(Br)s1. The van der Waals surface area contributed by atoms with Gasteiger partial charge in [-0.15, -0.1) is 11.3 Å². The predicted molar refractivity (Wildman–Crippen MR) is 90.1 cm³/mol. The third-order valence-electron chi connectivity index (χ3n) is 3.03. The van der Waals surface area contributed by atoms with Gasteiger partial charge in [-0.05, 0) is 52.7 Å². The van der Waals surface area contributed by atoms with Crippen LogP contribution in [0.1, 0.15) is 23.4 Å². The fourth-order valence-corrected chi connectivity index (χ4v) is 3.91. The molecule has 20 heavy (non-hydrogen) atoms. The fraction of sp³-hybridized carbons (Fsp3) is 0.333. The van der Waals surface area contributed by atoms with Crippen molar-refractivity contribution in [3.05, 3.63) is 49.6 Å². The Bertz CT molecular complexity index is 553. The highest BCUT2D eigenvalue weighted by Gasteiger charge is 2.16. The standard InChI is InChI=1S/C15H17BrClNOS/c1-3-18-13(14-9-12(17)15(16)20-14)8-10-5-4-6-11(7-10)19-2/h4-7,9,13,18H,3,8H2,1-2H3. The van der Waals surface area contributed by atoms with E-state index in [1.54, 1.807) is 18.4 Å². The first-order valence-corrected chi connectivity index (χ1v) is 8.43. The zero-order valence-electron chi connectivity index (χ0n) is 11.5. The molecule has 1 aromatic carbocycles. The lowest BCUT2D eigenvalue weighted by molar-refractivity contribution is 0.414. The summed E-state index contributed by atoms with van der Waals surface area (Å²) in [6, 6.07) is 10.5. The van der Waals surface area contributed by atoms with Gasteiger partial charge in [-0.25, -0.2) is 0 Å². The summed E-state index contributed by atoms with van der Waals surface area (Å²) < 4.78 is 6.27. The van der Waals surface area contributed by atoms with Crippen molar-refractivity contribution in [1.29, 1.82) is 0 Å². The first kappa shape index (κ1) is 15.8. The molecule has 0 saturated heterocycles. The maximum absolute atomic E-state index is 6.14. The molecule has 0 radical (unpaired) electrons. The summed E-state index contributed by atoms with van der Waals surface area (Å²) in [4.78, 5) is 1.24. The Kier molecular flexibility index (Phi) is 5.90. The Morgan fingerprint density at radius 3 is 2.80 bits per heavy atom. The normalized spacial score (nSPS) is 12.4. The third kappa shape index (κ3) is 3.98. The largest absolute Gasteiger partial charge is 0.497 e. The van der Waals surface area contributed by atoms with Crippen LogP contribution in [-0.4, -0.2) is 13.7 Å². The van der Waals surface area contributed by atoms with E-state index in [0.29, 0.717) is 0 Å². The molecular weight excluding hydrogens is 358 g/mol. The van der Waals surface area contributed by atoms with Gasteiger partial charge in [0.25, 0.3) is 0 Å². The van der Waals surface area contributed by atoms with Gasteiger partial charge >= 0.3 is 0 Å². The molecule has 2 nitrogen and oxygen atoms in total. The maximum atomic E-state index is 6.14. The number of benzene rings is 1. The minimum Gasteiger partial charge on any atom is -0.497 e. The Labute approximate surface area is 137 Å². The van der Waals surface area contributed by atoms with Crippen LogP contribution in [0, 0.1) is 0 Å². The minimum absolute atomic E-state index is 0.265. The van der Waals surface area contributed by atoms with Crippen LogP contribution in [0.3, 0.4) is 0 Å². The molecule has 1 atom stereocenters. The number of nitrogens with one attached hydrogen (secondary N) is 1. The lowest BCUT2D eigenvalue weighted by atomic mass is 10.0. The number of methoxy groups -OCH3 is 1. The smallest absolute Gasteiger partial charge is 0.119 e. The molecule has 0 spiro atoms. The van der Waals surface area contributed by atoms with E-state index in [0.717, 1.165) is 27.5 Å². The van der Waals surface area contributed by atoms with E-state index in [4.69, 9.17) is 16.3 Å². The van der Waals surface area contributed by atoms with Gasteiger partial charge in [0.15, 0.2) is 0 Å². The highest BCUT2D eigenvalue weighted by atomic mass is 79.9. The average Bonchev–Trinajstić information content (AvgIpc) is 2.78. The maximum Gasteiger partial charge on any atom is 0.119 e. The molecule has 2 aromatic rings. The highest BCUT2D eigenvalue weighted by molar-refractivity contribution is 9.11. The lowest BCUT2D eigenvalue weighted by Crippen LogP contribution is -2.22. The van der Waals surface area contributed by atoms with Crippen LogP contribution in [0.2, 0.25) is 5.02 Å². The number of halogens is 2. The molecule has 0 aliphatic rings. The van der Waals surface area contributed by atoms with Crippen LogP contribution in [0.4, 0.5) is 0 Å². The monoisotopic (exact) mass is 373 g/mol. The van der Waals surface area contributed by atoms with E-state index in [-0.39, 0.29) is 6.04 Å². The molecule has 0 bridgehead atoms. The molecule has 1 heterocycles. The summed E-state index contributed by atoms with van der Waals surface area (Å²) >= 11 is 11.3. The summed E-state index contributed by atoms with van der Waals surface area (Å²) in [5.41, 5.74) is 1.25. The average molecular weight is 375 g/mol. The lowest BCUT2D eigenvalue weighted by Gasteiger charge is -2.16. The van der Waals surface area contributed by atoms with Gasteiger partial charge in [0.1, 0.15) is 5.75 Å². The van der Waals surface area contributed by atoms with Gasteiger partial charge < -0.3 is 10.1 Å². The van der Waals surface area contributed by atoms with E-state index in [9.17, 15) is 0 Å². The number of ether oxygens (including phenoxy) is 1. The Balaban J connectivity index is 2.20. The van der Waals surface area contributed by atoms with Crippen molar-refractivity contribution < 1.29 is 4.74 Å². The van der Waals surface area contributed by atoms with E-state index < -0.39 is 0 Å². The van der Waals surface area contributed by atoms with Gasteiger partial charge in [0.2, 0.25) is 0 Å². The molecule has 0 aliphatic carbocycles. The zero-order chi connectivity index (χ0) is 14.5. The Morgan fingerprint density at radius 2 is 2.20 bits per heavy atom. The molecule has 0 saturated carbocycles.